The van der Waals surface area contributed by atoms with Crippen LogP contribution in [0.3, 0.4) is 0 Å². The second-order valence-electron chi connectivity index (χ2n) is 8.73. The normalized spacial score (nSPS) is 44.0. The lowest BCUT2D eigenvalue weighted by molar-refractivity contribution is 0.124. The lowest BCUT2D eigenvalue weighted by Crippen LogP contribution is -2.59. The molecule has 2 aliphatic carbocycles. The molecule has 0 heterocycles. The Morgan fingerprint density at radius 1 is 1.00 bits per heavy atom. The van der Waals surface area contributed by atoms with Gasteiger partial charge in [-0.25, -0.2) is 0 Å². The van der Waals surface area contributed by atoms with Gasteiger partial charge in [0.25, 0.3) is 0 Å². The zero-order valence-electron chi connectivity index (χ0n) is 14.9. The van der Waals surface area contributed by atoms with Crippen molar-refractivity contribution in [3.05, 3.63) is 0 Å². The number of nitrogens with two attached hydrogens (primary N) is 3. The van der Waals surface area contributed by atoms with Gasteiger partial charge in [0, 0.05) is 17.6 Å². The summed E-state index contributed by atoms with van der Waals surface area (Å²) < 4.78 is 0. The molecule has 0 spiro atoms. The van der Waals surface area contributed by atoms with Gasteiger partial charge in [0.2, 0.25) is 0 Å². The molecular formula is C17H37N5. The maximum absolute atomic E-state index is 6.28. The lowest BCUT2D eigenvalue weighted by atomic mass is 9.74. The van der Waals surface area contributed by atoms with Crippen LogP contribution in [0.5, 0.6) is 0 Å². The minimum atomic E-state index is -0.546. The largest absolute Gasteiger partial charge is 0.325 e. The average molecular weight is 312 g/mol. The van der Waals surface area contributed by atoms with Crippen molar-refractivity contribution in [2.24, 2.45) is 35.0 Å². The molecule has 2 saturated carbocycles. The van der Waals surface area contributed by atoms with Gasteiger partial charge in [-0.05, 0) is 70.1 Å². The molecule has 130 valence electrons. The Bertz CT molecular complexity index is 363. The van der Waals surface area contributed by atoms with Crippen molar-refractivity contribution in [3.63, 3.8) is 0 Å². The van der Waals surface area contributed by atoms with E-state index < -0.39 is 5.66 Å². The molecule has 6 atom stereocenters. The predicted molar refractivity (Wildman–Crippen MR) is 92.7 cm³/mol. The molecule has 5 heteroatoms. The van der Waals surface area contributed by atoms with Gasteiger partial charge in [0.15, 0.2) is 0 Å². The molecule has 5 nitrogen and oxygen atoms in total. The van der Waals surface area contributed by atoms with Crippen LogP contribution in [0.15, 0.2) is 0 Å². The Kier molecular flexibility index (Phi) is 5.55. The summed E-state index contributed by atoms with van der Waals surface area (Å²) in [5, 5.41) is 0. The fourth-order valence-electron chi connectivity index (χ4n) is 4.35. The van der Waals surface area contributed by atoms with E-state index in [4.69, 9.17) is 17.2 Å². The molecule has 22 heavy (non-hydrogen) atoms. The second-order valence-corrected chi connectivity index (χ2v) is 8.73. The minimum absolute atomic E-state index is 0.00958. The zero-order chi connectivity index (χ0) is 16.5. The third-order valence-corrected chi connectivity index (χ3v) is 6.00. The third-order valence-electron chi connectivity index (χ3n) is 6.00. The lowest BCUT2D eigenvalue weighted by Gasteiger charge is -2.43. The Morgan fingerprint density at radius 3 is 2.09 bits per heavy atom. The first-order chi connectivity index (χ1) is 10.1. The van der Waals surface area contributed by atoms with Gasteiger partial charge in [-0.1, -0.05) is 13.8 Å². The van der Waals surface area contributed by atoms with Crippen molar-refractivity contribution in [3.8, 4) is 0 Å². The van der Waals surface area contributed by atoms with Crippen molar-refractivity contribution in [1.29, 1.82) is 0 Å². The molecule has 2 aliphatic rings. The molecule has 0 bridgehead atoms. The maximum atomic E-state index is 6.28. The molecule has 0 aromatic rings. The highest BCUT2D eigenvalue weighted by atomic mass is 15.4. The Labute approximate surface area is 136 Å². The van der Waals surface area contributed by atoms with Crippen molar-refractivity contribution >= 4 is 0 Å². The van der Waals surface area contributed by atoms with Crippen LogP contribution in [0.1, 0.15) is 66.2 Å². The van der Waals surface area contributed by atoms with E-state index in [0.29, 0.717) is 29.8 Å². The summed E-state index contributed by atoms with van der Waals surface area (Å²) in [5.41, 5.74) is 25.1. The fourth-order valence-corrected chi connectivity index (χ4v) is 4.35. The molecule has 2 rings (SSSR count). The quantitative estimate of drug-likeness (QED) is 0.399. The number of nitrogens with one attached hydrogen (secondary N) is 2. The molecule has 0 saturated heterocycles. The van der Waals surface area contributed by atoms with E-state index in [1.807, 2.05) is 6.92 Å². The van der Waals surface area contributed by atoms with Crippen LogP contribution in [0.2, 0.25) is 0 Å². The van der Waals surface area contributed by atoms with Gasteiger partial charge in [-0.2, -0.15) is 0 Å². The van der Waals surface area contributed by atoms with E-state index in [9.17, 15) is 0 Å². The van der Waals surface area contributed by atoms with Crippen LogP contribution >= 0.6 is 0 Å². The highest BCUT2D eigenvalue weighted by molar-refractivity contribution is 4.93. The standard InChI is InChI=1S/C17H37N5/c1-11-9-13(17(4,19)20)5-6-14(11)21-22-15-7-8-16(3,18)10-12(15)2/h11-15,21-22H,5-10,18-20H2,1-4H3. The van der Waals surface area contributed by atoms with Crippen molar-refractivity contribution in [1.82, 2.24) is 10.9 Å². The van der Waals surface area contributed by atoms with Crippen molar-refractivity contribution in [2.45, 2.75) is 89.5 Å². The SMILES string of the molecule is CC1CC(C(C)(N)N)CCC1NNC1CCC(C)(N)CC1C. The van der Waals surface area contributed by atoms with Crippen LogP contribution in [-0.4, -0.2) is 23.3 Å². The maximum Gasteiger partial charge on any atom is 0.0636 e. The summed E-state index contributed by atoms with van der Waals surface area (Å²) in [7, 11) is 0. The van der Waals surface area contributed by atoms with Gasteiger partial charge in [-0.3, -0.25) is 10.9 Å². The van der Waals surface area contributed by atoms with Crippen LogP contribution in [0.4, 0.5) is 0 Å². The highest BCUT2D eigenvalue weighted by Gasteiger charge is 2.36. The summed E-state index contributed by atoms with van der Waals surface area (Å²) in [6.45, 7) is 8.73. The molecule has 8 N–H and O–H groups in total. The van der Waals surface area contributed by atoms with Gasteiger partial charge in [0.1, 0.15) is 0 Å². The molecule has 0 radical (unpaired) electrons. The van der Waals surface area contributed by atoms with E-state index in [0.717, 1.165) is 38.5 Å². The Morgan fingerprint density at radius 2 is 1.59 bits per heavy atom. The first-order valence-electron chi connectivity index (χ1n) is 8.96. The smallest absolute Gasteiger partial charge is 0.0636 e. The summed E-state index contributed by atoms with van der Waals surface area (Å²) in [6.07, 6.45) is 6.68. The first-order valence-corrected chi connectivity index (χ1v) is 8.96. The molecule has 0 aromatic carbocycles. The molecule has 0 aromatic heterocycles. The Hall–Kier alpha value is -0.200. The van der Waals surface area contributed by atoms with Gasteiger partial charge >= 0.3 is 0 Å². The molecule has 0 amide bonds. The summed E-state index contributed by atoms with van der Waals surface area (Å²) in [5.74, 6) is 1.63. The first kappa shape index (κ1) is 18.1. The van der Waals surface area contributed by atoms with Crippen LogP contribution < -0.4 is 28.1 Å². The van der Waals surface area contributed by atoms with Crippen molar-refractivity contribution < 1.29 is 0 Å². The number of hydrogen-bond donors (Lipinski definition) is 5. The predicted octanol–water partition coefficient (Wildman–Crippen LogP) is 1.43. The number of rotatable bonds is 4. The van der Waals surface area contributed by atoms with Crippen LogP contribution in [0.25, 0.3) is 0 Å². The van der Waals surface area contributed by atoms with E-state index in [-0.39, 0.29) is 5.54 Å². The number of hydrazine groups is 1. The van der Waals surface area contributed by atoms with Crippen LogP contribution in [-0.2, 0) is 0 Å². The summed E-state index contributed by atoms with van der Waals surface area (Å²) >= 11 is 0. The van der Waals surface area contributed by atoms with E-state index >= 15 is 0 Å². The summed E-state index contributed by atoms with van der Waals surface area (Å²) in [4.78, 5) is 0. The zero-order valence-corrected chi connectivity index (χ0v) is 14.9. The number of hydrogen-bond acceptors (Lipinski definition) is 5. The molecule has 2 fully saturated rings. The minimum Gasteiger partial charge on any atom is -0.325 e. The molecule has 0 aliphatic heterocycles. The van der Waals surface area contributed by atoms with Gasteiger partial charge in [0.05, 0.1) is 5.66 Å². The van der Waals surface area contributed by atoms with E-state index in [1.165, 1.54) is 0 Å². The van der Waals surface area contributed by atoms with Gasteiger partial charge < -0.3 is 17.2 Å². The van der Waals surface area contributed by atoms with Crippen LogP contribution in [0, 0.1) is 17.8 Å². The van der Waals surface area contributed by atoms with Gasteiger partial charge in [-0.15, -0.1) is 0 Å². The third kappa shape index (κ3) is 4.65. The average Bonchev–Trinajstić information content (AvgIpc) is 2.37. The summed E-state index contributed by atoms with van der Waals surface area (Å²) in [6, 6.07) is 1.04. The van der Waals surface area contributed by atoms with E-state index in [1.54, 1.807) is 0 Å². The second kappa shape index (κ2) is 6.73. The highest BCUT2D eigenvalue weighted by Crippen LogP contribution is 2.33. The van der Waals surface area contributed by atoms with Crippen molar-refractivity contribution in [2.75, 3.05) is 0 Å². The Balaban J connectivity index is 1.78. The molecular weight excluding hydrogens is 274 g/mol. The van der Waals surface area contributed by atoms with E-state index in [2.05, 4.69) is 31.6 Å². The topological polar surface area (TPSA) is 102 Å². The molecule has 6 unspecified atom stereocenters. The monoisotopic (exact) mass is 311 g/mol. The fraction of sp³-hybridized carbons (Fsp3) is 1.00.